The number of nitrogen functional groups attached to an aromatic ring is 1. The van der Waals surface area contributed by atoms with Crippen molar-refractivity contribution in [3.05, 3.63) is 79.0 Å². The van der Waals surface area contributed by atoms with Crippen LogP contribution in [-0.2, 0) is 14.1 Å². The maximum Gasteiger partial charge on any atom is 0.330 e. The van der Waals surface area contributed by atoms with Crippen molar-refractivity contribution >= 4 is 39.8 Å². The SMILES string of the molecule is Cc1ccccc1-c1c2c(=O)n(C)c(=O)n(C)c2cn1-c1cc(Cl)c(N)c(Cl)c1. The van der Waals surface area contributed by atoms with Gasteiger partial charge in [-0.05, 0) is 24.6 Å². The molecule has 0 bridgehead atoms. The number of aromatic nitrogens is 3. The zero-order chi connectivity index (χ0) is 21.0. The third kappa shape index (κ3) is 2.87. The Balaban J connectivity index is 2.25. The first-order valence-corrected chi connectivity index (χ1v) is 9.60. The first-order valence-electron chi connectivity index (χ1n) is 8.84. The number of nitrogens with two attached hydrogens (primary N) is 1. The Labute approximate surface area is 176 Å². The van der Waals surface area contributed by atoms with E-state index < -0.39 is 5.69 Å². The van der Waals surface area contributed by atoms with Crippen LogP contribution in [0.15, 0.2) is 52.2 Å². The Morgan fingerprint density at radius 2 is 1.59 bits per heavy atom. The van der Waals surface area contributed by atoms with Gasteiger partial charge >= 0.3 is 5.69 Å². The second-order valence-electron chi connectivity index (χ2n) is 6.95. The highest BCUT2D eigenvalue weighted by atomic mass is 35.5. The molecule has 8 heteroatoms. The zero-order valence-corrected chi connectivity index (χ0v) is 17.5. The van der Waals surface area contributed by atoms with Crippen LogP contribution in [0.25, 0.3) is 27.8 Å². The number of nitrogens with zero attached hydrogens (tertiary/aromatic N) is 3. The Bertz CT molecular complexity index is 1390. The summed E-state index contributed by atoms with van der Waals surface area (Å²) in [5, 5.41) is 1.05. The van der Waals surface area contributed by atoms with Crippen molar-refractivity contribution in [3.8, 4) is 16.9 Å². The summed E-state index contributed by atoms with van der Waals surface area (Å²) < 4.78 is 4.39. The predicted octanol–water partition coefficient (Wildman–Crippen LogP) is 3.89. The number of benzene rings is 2. The Kier molecular flexibility index (Phi) is 4.56. The molecule has 29 heavy (non-hydrogen) atoms. The monoisotopic (exact) mass is 428 g/mol. The van der Waals surface area contributed by atoms with Gasteiger partial charge in [-0.2, -0.15) is 0 Å². The van der Waals surface area contributed by atoms with Gasteiger partial charge in [0.25, 0.3) is 5.56 Å². The second-order valence-corrected chi connectivity index (χ2v) is 7.77. The smallest absolute Gasteiger partial charge is 0.330 e. The van der Waals surface area contributed by atoms with Crippen LogP contribution in [0.3, 0.4) is 0 Å². The number of anilines is 1. The number of fused-ring (bicyclic) bond motifs is 1. The first-order chi connectivity index (χ1) is 13.7. The predicted molar refractivity (Wildman–Crippen MR) is 118 cm³/mol. The molecular formula is C21H18Cl2N4O2. The van der Waals surface area contributed by atoms with Crippen LogP contribution in [0, 0.1) is 6.92 Å². The summed E-state index contributed by atoms with van der Waals surface area (Å²) in [6.45, 7) is 1.97. The van der Waals surface area contributed by atoms with Gasteiger partial charge in [0.05, 0.1) is 32.3 Å². The van der Waals surface area contributed by atoms with Crippen molar-refractivity contribution < 1.29 is 0 Å². The molecule has 0 saturated heterocycles. The molecular weight excluding hydrogens is 411 g/mol. The molecule has 0 atom stereocenters. The molecule has 4 rings (SSSR count). The molecule has 0 radical (unpaired) electrons. The number of aryl methyl sites for hydroxylation is 2. The van der Waals surface area contributed by atoms with E-state index in [9.17, 15) is 9.59 Å². The summed E-state index contributed by atoms with van der Waals surface area (Å²) in [7, 11) is 3.11. The van der Waals surface area contributed by atoms with Crippen molar-refractivity contribution in [2.24, 2.45) is 14.1 Å². The van der Waals surface area contributed by atoms with Gasteiger partial charge in [0.15, 0.2) is 0 Å². The molecule has 0 aliphatic rings. The first kappa shape index (κ1) is 19.4. The Morgan fingerprint density at radius 3 is 2.21 bits per heavy atom. The summed E-state index contributed by atoms with van der Waals surface area (Å²) >= 11 is 12.5. The van der Waals surface area contributed by atoms with Gasteiger partial charge in [-0.3, -0.25) is 13.9 Å². The lowest BCUT2D eigenvalue weighted by molar-refractivity contribution is 0.714. The van der Waals surface area contributed by atoms with E-state index >= 15 is 0 Å². The number of hydrogen-bond donors (Lipinski definition) is 1. The average Bonchev–Trinajstić information content (AvgIpc) is 3.09. The lowest BCUT2D eigenvalue weighted by atomic mass is 10.0. The quantitative estimate of drug-likeness (QED) is 0.492. The molecule has 0 aliphatic heterocycles. The van der Waals surface area contributed by atoms with Crippen molar-refractivity contribution in [2.75, 3.05) is 5.73 Å². The van der Waals surface area contributed by atoms with Gasteiger partial charge in [0.2, 0.25) is 0 Å². The van der Waals surface area contributed by atoms with Gasteiger partial charge in [-0.25, -0.2) is 4.79 Å². The number of rotatable bonds is 2. The van der Waals surface area contributed by atoms with Gasteiger partial charge in [-0.15, -0.1) is 0 Å². The van der Waals surface area contributed by atoms with Crippen LogP contribution in [0.4, 0.5) is 5.69 Å². The van der Waals surface area contributed by atoms with E-state index in [1.807, 2.05) is 35.8 Å². The van der Waals surface area contributed by atoms with Crippen LogP contribution in [0.1, 0.15) is 5.56 Å². The molecule has 0 unspecified atom stereocenters. The highest BCUT2D eigenvalue weighted by molar-refractivity contribution is 6.39. The highest BCUT2D eigenvalue weighted by Crippen LogP contribution is 2.36. The third-order valence-electron chi connectivity index (χ3n) is 5.18. The summed E-state index contributed by atoms with van der Waals surface area (Å²) in [4.78, 5) is 25.6. The standard InChI is InChI=1S/C21H18Cl2N4O2/c1-11-6-4-5-7-13(11)19-17-16(25(2)21(29)26(3)20(17)28)10-27(19)12-8-14(22)18(24)15(23)9-12/h4-10H,24H2,1-3H3. The van der Waals surface area contributed by atoms with E-state index in [2.05, 4.69) is 0 Å². The van der Waals surface area contributed by atoms with E-state index in [1.54, 1.807) is 25.4 Å². The molecule has 2 heterocycles. The molecule has 0 aliphatic carbocycles. The van der Waals surface area contributed by atoms with Crippen molar-refractivity contribution in [2.45, 2.75) is 6.92 Å². The number of halogens is 2. The molecule has 2 aromatic carbocycles. The van der Waals surface area contributed by atoms with Gasteiger partial charge in [0.1, 0.15) is 0 Å². The van der Waals surface area contributed by atoms with Crippen molar-refractivity contribution in [1.82, 2.24) is 13.7 Å². The summed E-state index contributed by atoms with van der Waals surface area (Å²) in [5.74, 6) is 0. The van der Waals surface area contributed by atoms with Crippen LogP contribution >= 0.6 is 23.2 Å². The minimum Gasteiger partial charge on any atom is -0.396 e. The summed E-state index contributed by atoms with van der Waals surface area (Å²) in [5.41, 5.74) is 9.07. The average molecular weight is 429 g/mol. The molecule has 148 valence electrons. The van der Waals surface area contributed by atoms with Crippen LogP contribution in [0.2, 0.25) is 10.0 Å². The zero-order valence-electron chi connectivity index (χ0n) is 16.0. The maximum absolute atomic E-state index is 13.1. The summed E-state index contributed by atoms with van der Waals surface area (Å²) in [6, 6.07) is 11.1. The minimum absolute atomic E-state index is 0.287. The topological polar surface area (TPSA) is 75.0 Å². The molecule has 2 aromatic heterocycles. The minimum atomic E-state index is -0.399. The highest BCUT2D eigenvalue weighted by Gasteiger charge is 2.21. The Morgan fingerprint density at radius 1 is 0.966 bits per heavy atom. The molecule has 2 N–H and O–H groups in total. The van der Waals surface area contributed by atoms with Crippen LogP contribution in [0.5, 0.6) is 0 Å². The molecule has 0 amide bonds. The molecule has 0 fully saturated rings. The lowest BCUT2D eigenvalue weighted by Crippen LogP contribution is -2.36. The fourth-order valence-corrected chi connectivity index (χ4v) is 4.03. The van der Waals surface area contributed by atoms with E-state index in [0.717, 1.165) is 15.7 Å². The molecule has 4 aromatic rings. The normalized spacial score (nSPS) is 11.3. The van der Waals surface area contributed by atoms with Gasteiger partial charge < -0.3 is 10.3 Å². The van der Waals surface area contributed by atoms with E-state index in [-0.39, 0.29) is 11.2 Å². The fourth-order valence-electron chi connectivity index (χ4n) is 3.56. The fraction of sp³-hybridized carbons (Fsp3) is 0.143. The molecule has 6 nitrogen and oxygen atoms in total. The third-order valence-corrected chi connectivity index (χ3v) is 5.81. The van der Waals surface area contributed by atoms with Gasteiger partial charge in [-0.1, -0.05) is 47.5 Å². The van der Waals surface area contributed by atoms with Crippen molar-refractivity contribution in [3.63, 3.8) is 0 Å². The molecule has 0 saturated carbocycles. The summed E-state index contributed by atoms with van der Waals surface area (Å²) in [6.07, 6.45) is 1.75. The molecule has 0 spiro atoms. The van der Waals surface area contributed by atoms with E-state index in [4.69, 9.17) is 28.9 Å². The lowest BCUT2D eigenvalue weighted by Gasteiger charge is -2.14. The largest absolute Gasteiger partial charge is 0.396 e. The Hall–Kier alpha value is -2.96. The maximum atomic E-state index is 13.1. The van der Waals surface area contributed by atoms with E-state index in [1.165, 1.54) is 11.6 Å². The second kappa shape index (κ2) is 6.83. The number of hydrogen-bond acceptors (Lipinski definition) is 3. The van der Waals surface area contributed by atoms with Gasteiger partial charge in [0, 0.05) is 31.5 Å². The van der Waals surface area contributed by atoms with E-state index in [0.29, 0.717) is 32.3 Å². The van der Waals surface area contributed by atoms with Crippen molar-refractivity contribution in [1.29, 1.82) is 0 Å². The van der Waals surface area contributed by atoms with Crippen LogP contribution < -0.4 is 17.0 Å². The van der Waals surface area contributed by atoms with Crippen LogP contribution in [-0.4, -0.2) is 13.7 Å².